The molecule has 7 heteroatoms. The number of amides is 2. The largest absolute Gasteiger partial charge is 0.469 e. The van der Waals surface area contributed by atoms with Crippen molar-refractivity contribution in [2.75, 3.05) is 26.7 Å². The average molecular weight is 400 g/mol. The Morgan fingerprint density at radius 2 is 1.76 bits per heavy atom. The number of rotatable bonds is 6. The minimum absolute atomic E-state index is 0.0314. The second-order valence-electron chi connectivity index (χ2n) is 7.69. The summed E-state index contributed by atoms with van der Waals surface area (Å²) in [5, 5.41) is 0. The van der Waals surface area contributed by atoms with Crippen LogP contribution in [0.15, 0.2) is 30.3 Å². The first kappa shape index (κ1) is 21.0. The van der Waals surface area contributed by atoms with E-state index in [0.717, 1.165) is 0 Å². The van der Waals surface area contributed by atoms with Crippen molar-refractivity contribution in [1.82, 2.24) is 9.80 Å². The molecule has 2 saturated heterocycles. The normalized spacial score (nSPS) is 20.8. The Morgan fingerprint density at radius 3 is 2.34 bits per heavy atom. The smallest absolute Gasteiger partial charge is 0.311 e. The molecule has 0 radical (unpaired) electrons. The van der Waals surface area contributed by atoms with Gasteiger partial charge < -0.3 is 14.5 Å². The minimum Gasteiger partial charge on any atom is -0.469 e. The van der Waals surface area contributed by atoms with E-state index in [4.69, 9.17) is 4.74 Å². The van der Waals surface area contributed by atoms with E-state index in [-0.39, 0.29) is 42.8 Å². The molecule has 0 saturated carbocycles. The van der Waals surface area contributed by atoms with E-state index in [1.807, 2.05) is 13.0 Å². The zero-order chi connectivity index (χ0) is 21.0. The van der Waals surface area contributed by atoms with E-state index in [1.165, 1.54) is 7.11 Å². The minimum atomic E-state index is -0.574. The van der Waals surface area contributed by atoms with Crippen molar-refractivity contribution in [2.45, 2.75) is 44.6 Å². The van der Waals surface area contributed by atoms with Crippen molar-refractivity contribution >= 4 is 23.6 Å². The highest BCUT2D eigenvalue weighted by molar-refractivity contribution is 5.98. The number of piperidine rings is 1. The summed E-state index contributed by atoms with van der Waals surface area (Å²) in [5.74, 6) is -0.988. The zero-order valence-electron chi connectivity index (χ0n) is 17.1. The van der Waals surface area contributed by atoms with Crippen LogP contribution in [0.25, 0.3) is 0 Å². The Bertz CT molecular complexity index is 782. The fourth-order valence-electron chi connectivity index (χ4n) is 4.76. The van der Waals surface area contributed by atoms with Crippen LogP contribution < -0.4 is 0 Å². The first-order chi connectivity index (χ1) is 13.9. The highest BCUT2D eigenvalue weighted by Gasteiger charge is 2.56. The molecule has 2 aliphatic rings. The van der Waals surface area contributed by atoms with Gasteiger partial charge in [0.1, 0.15) is 0 Å². The molecule has 0 aliphatic carbocycles. The highest BCUT2D eigenvalue weighted by Crippen LogP contribution is 2.44. The summed E-state index contributed by atoms with van der Waals surface area (Å²) in [5.41, 5.74) is 0.0390. The lowest BCUT2D eigenvalue weighted by atomic mass is 9.76. The number of ether oxygens (including phenoxy) is 1. The monoisotopic (exact) mass is 400 g/mol. The third-order valence-corrected chi connectivity index (χ3v) is 6.31. The molecule has 156 valence electrons. The van der Waals surface area contributed by atoms with E-state index in [2.05, 4.69) is 0 Å². The summed E-state index contributed by atoms with van der Waals surface area (Å²) in [7, 11) is 1.34. The molecule has 2 aliphatic heterocycles. The number of esters is 1. The third kappa shape index (κ3) is 4.04. The molecular weight excluding hydrogens is 372 g/mol. The van der Waals surface area contributed by atoms with Gasteiger partial charge in [0.15, 0.2) is 5.78 Å². The van der Waals surface area contributed by atoms with Gasteiger partial charge in [0, 0.05) is 44.5 Å². The molecule has 2 heterocycles. The Morgan fingerprint density at radius 1 is 1.10 bits per heavy atom. The Hall–Kier alpha value is -2.70. The van der Waals surface area contributed by atoms with Crippen molar-refractivity contribution in [3.05, 3.63) is 35.9 Å². The van der Waals surface area contributed by atoms with Crippen molar-refractivity contribution in [3.8, 4) is 0 Å². The molecule has 0 N–H and O–H groups in total. The lowest BCUT2D eigenvalue weighted by Crippen LogP contribution is -2.58. The predicted octanol–water partition coefficient (Wildman–Crippen LogP) is 2.05. The third-order valence-electron chi connectivity index (χ3n) is 6.31. The first-order valence-corrected chi connectivity index (χ1v) is 10.2. The van der Waals surface area contributed by atoms with Crippen LogP contribution in [0.1, 0.15) is 49.4 Å². The maximum Gasteiger partial charge on any atom is 0.311 e. The number of carbonyl (C=O) groups excluding carboxylic acids is 4. The number of benzene rings is 1. The molecule has 1 spiro atoms. The molecular formula is C22H28N2O5. The van der Waals surface area contributed by atoms with Crippen LogP contribution in [-0.2, 0) is 19.1 Å². The predicted molar refractivity (Wildman–Crippen MR) is 106 cm³/mol. The number of hydrogen-bond acceptors (Lipinski definition) is 5. The summed E-state index contributed by atoms with van der Waals surface area (Å²) in [6.07, 6.45) is 1.60. The molecule has 1 unspecified atom stereocenters. The second-order valence-corrected chi connectivity index (χ2v) is 7.69. The number of ketones is 1. The Kier molecular flexibility index (Phi) is 6.35. The molecule has 0 bridgehead atoms. The van der Waals surface area contributed by atoms with E-state index in [0.29, 0.717) is 38.0 Å². The molecule has 2 amide bonds. The van der Waals surface area contributed by atoms with E-state index in [1.54, 1.807) is 34.1 Å². The van der Waals surface area contributed by atoms with E-state index >= 15 is 0 Å². The summed E-state index contributed by atoms with van der Waals surface area (Å²) in [6.45, 7) is 3.38. The summed E-state index contributed by atoms with van der Waals surface area (Å²) in [4.78, 5) is 53.1. The van der Waals surface area contributed by atoms with Gasteiger partial charge in [-0.25, -0.2) is 0 Å². The summed E-state index contributed by atoms with van der Waals surface area (Å²) >= 11 is 0. The van der Waals surface area contributed by atoms with Gasteiger partial charge in [-0.15, -0.1) is 0 Å². The van der Waals surface area contributed by atoms with Crippen molar-refractivity contribution in [3.63, 3.8) is 0 Å². The maximum absolute atomic E-state index is 12.6. The number of hydrogen-bond donors (Lipinski definition) is 0. The van der Waals surface area contributed by atoms with Gasteiger partial charge in [-0.1, -0.05) is 30.3 Å². The number of methoxy groups -OCH3 is 1. The Labute approximate surface area is 171 Å². The van der Waals surface area contributed by atoms with Crippen LogP contribution in [0.3, 0.4) is 0 Å². The SMILES string of the molecule is CCN1C(=O)CC(C(=O)OC)C12CCN(C(=O)CCC(=O)c1ccccc1)CC2. The van der Waals surface area contributed by atoms with E-state index in [9.17, 15) is 19.2 Å². The molecule has 1 aromatic carbocycles. The van der Waals surface area contributed by atoms with Gasteiger partial charge >= 0.3 is 5.97 Å². The van der Waals surface area contributed by atoms with Crippen LogP contribution in [0, 0.1) is 5.92 Å². The number of Topliss-reactive ketones (excluding diaryl/α,β-unsaturated/α-hetero) is 1. The first-order valence-electron chi connectivity index (χ1n) is 10.2. The van der Waals surface area contributed by atoms with Gasteiger partial charge in [0.05, 0.1) is 18.6 Å². The molecule has 1 aromatic rings. The fraction of sp³-hybridized carbons (Fsp3) is 0.545. The molecule has 1 atom stereocenters. The number of carbonyl (C=O) groups is 4. The van der Waals surface area contributed by atoms with Gasteiger partial charge in [-0.2, -0.15) is 0 Å². The maximum atomic E-state index is 12.6. The molecule has 7 nitrogen and oxygen atoms in total. The standard InChI is InChI=1S/C22H28N2O5/c1-3-24-20(27)15-17(21(28)29-2)22(24)11-13-23(14-12-22)19(26)10-9-18(25)16-7-5-4-6-8-16/h4-8,17H,3,9-15H2,1-2H3. The molecule has 3 rings (SSSR count). The summed E-state index contributed by atoms with van der Waals surface area (Å²) in [6, 6.07) is 8.96. The fourth-order valence-corrected chi connectivity index (χ4v) is 4.76. The highest BCUT2D eigenvalue weighted by atomic mass is 16.5. The number of likely N-dealkylation sites (tertiary alicyclic amines) is 2. The van der Waals surface area contributed by atoms with Crippen molar-refractivity contribution < 1.29 is 23.9 Å². The average Bonchev–Trinajstić information content (AvgIpc) is 3.03. The number of nitrogens with zero attached hydrogens (tertiary/aromatic N) is 2. The quantitative estimate of drug-likeness (QED) is 0.539. The Balaban J connectivity index is 1.61. The molecule has 29 heavy (non-hydrogen) atoms. The van der Waals surface area contributed by atoms with Gasteiger partial charge in [0.2, 0.25) is 11.8 Å². The molecule has 2 fully saturated rings. The van der Waals surface area contributed by atoms with Gasteiger partial charge in [-0.05, 0) is 19.8 Å². The lowest BCUT2D eigenvalue weighted by Gasteiger charge is -2.46. The molecule has 0 aromatic heterocycles. The van der Waals surface area contributed by atoms with Crippen LogP contribution >= 0.6 is 0 Å². The van der Waals surface area contributed by atoms with Crippen LogP contribution in [0.4, 0.5) is 0 Å². The van der Waals surface area contributed by atoms with Crippen molar-refractivity contribution in [2.24, 2.45) is 5.92 Å². The van der Waals surface area contributed by atoms with Crippen molar-refractivity contribution in [1.29, 1.82) is 0 Å². The van der Waals surface area contributed by atoms with E-state index < -0.39 is 11.5 Å². The lowest BCUT2D eigenvalue weighted by molar-refractivity contribution is -0.150. The van der Waals surface area contributed by atoms with Gasteiger partial charge in [0.25, 0.3) is 0 Å². The van der Waals surface area contributed by atoms with Crippen LogP contribution in [0.2, 0.25) is 0 Å². The van der Waals surface area contributed by atoms with Crippen LogP contribution in [-0.4, -0.2) is 65.6 Å². The zero-order valence-corrected chi connectivity index (χ0v) is 17.1. The second kappa shape index (κ2) is 8.76. The van der Waals surface area contributed by atoms with Crippen LogP contribution in [0.5, 0.6) is 0 Å². The topological polar surface area (TPSA) is 84.0 Å². The van der Waals surface area contributed by atoms with Gasteiger partial charge in [-0.3, -0.25) is 19.2 Å². The summed E-state index contributed by atoms with van der Waals surface area (Å²) < 4.78 is 4.95.